The number of hydrogen-bond acceptors (Lipinski definition) is 4. The quantitative estimate of drug-likeness (QED) is 0.725. The van der Waals surface area contributed by atoms with E-state index in [4.69, 9.17) is 10.1 Å². The number of aryl methyl sites for hydroxylation is 1. The third-order valence-electron chi connectivity index (χ3n) is 6.65. The fraction of sp³-hybridized carbons (Fsp3) is 0.500. The predicted octanol–water partition coefficient (Wildman–Crippen LogP) is 5.73. The van der Waals surface area contributed by atoms with Gasteiger partial charge in [0.05, 0.1) is 5.69 Å². The van der Waals surface area contributed by atoms with Crippen molar-refractivity contribution in [1.29, 1.82) is 0 Å². The van der Waals surface area contributed by atoms with Gasteiger partial charge in [0, 0.05) is 22.1 Å². The number of nitrogens with one attached hydrogen (secondary N) is 1. The first-order chi connectivity index (χ1) is 11.4. The number of anilines is 1. The highest BCUT2D eigenvalue weighted by Gasteiger charge is 2.59. The van der Waals surface area contributed by atoms with Crippen LogP contribution in [0.15, 0.2) is 34.7 Å². The van der Waals surface area contributed by atoms with Crippen LogP contribution in [0.25, 0.3) is 11.3 Å². The molecule has 2 atom stereocenters. The second-order valence-electron chi connectivity index (χ2n) is 8.07. The molecule has 3 nitrogen and oxygen atoms in total. The lowest BCUT2D eigenvalue weighted by molar-refractivity contribution is 0.194. The van der Waals surface area contributed by atoms with E-state index in [1.54, 1.807) is 11.3 Å². The van der Waals surface area contributed by atoms with Crippen LogP contribution in [0.2, 0.25) is 0 Å². The van der Waals surface area contributed by atoms with Gasteiger partial charge in [-0.15, -0.1) is 11.3 Å². The Morgan fingerprint density at radius 1 is 1.21 bits per heavy atom. The van der Waals surface area contributed by atoms with Crippen molar-refractivity contribution in [3.05, 3.63) is 35.2 Å². The molecular weight excluding hydrogens is 314 g/mol. The summed E-state index contributed by atoms with van der Waals surface area (Å²) in [5.41, 5.74) is 8.61. The number of fused-ring (bicyclic) bond motifs is 2. The summed E-state index contributed by atoms with van der Waals surface area (Å²) in [5, 5.41) is 7.75. The van der Waals surface area contributed by atoms with E-state index >= 15 is 0 Å². The van der Waals surface area contributed by atoms with E-state index in [1.165, 1.54) is 24.1 Å². The van der Waals surface area contributed by atoms with E-state index < -0.39 is 0 Å². The highest BCUT2D eigenvalue weighted by Crippen LogP contribution is 2.63. The van der Waals surface area contributed by atoms with Crippen LogP contribution in [-0.2, 0) is 0 Å². The van der Waals surface area contributed by atoms with Crippen molar-refractivity contribution in [1.82, 2.24) is 4.98 Å². The molecule has 1 heterocycles. The molecule has 2 bridgehead atoms. The summed E-state index contributed by atoms with van der Waals surface area (Å²) in [4.78, 5) is 4.69. The summed E-state index contributed by atoms with van der Waals surface area (Å²) in [7, 11) is 0. The van der Waals surface area contributed by atoms with Crippen LogP contribution in [0.5, 0.6) is 0 Å². The van der Waals surface area contributed by atoms with Crippen molar-refractivity contribution in [3.63, 3.8) is 0 Å². The molecule has 1 aromatic heterocycles. The van der Waals surface area contributed by atoms with Gasteiger partial charge in [-0.05, 0) is 37.5 Å². The maximum Gasteiger partial charge on any atom is 0.203 e. The number of thiazole rings is 1. The van der Waals surface area contributed by atoms with Crippen LogP contribution >= 0.6 is 11.3 Å². The first-order valence-corrected chi connectivity index (χ1v) is 9.64. The van der Waals surface area contributed by atoms with E-state index in [9.17, 15) is 0 Å². The molecule has 24 heavy (non-hydrogen) atoms. The van der Waals surface area contributed by atoms with Crippen molar-refractivity contribution >= 4 is 22.2 Å². The average Bonchev–Trinajstić information content (AvgIpc) is 3.16. The first-order valence-electron chi connectivity index (χ1n) is 8.76. The fourth-order valence-electron chi connectivity index (χ4n) is 4.39. The van der Waals surface area contributed by atoms with Gasteiger partial charge >= 0.3 is 0 Å². The van der Waals surface area contributed by atoms with Crippen molar-refractivity contribution < 1.29 is 0 Å². The van der Waals surface area contributed by atoms with Gasteiger partial charge in [0.25, 0.3) is 0 Å². The van der Waals surface area contributed by atoms with Crippen molar-refractivity contribution in [3.8, 4) is 11.3 Å². The predicted molar refractivity (Wildman–Crippen MR) is 103 cm³/mol. The Balaban J connectivity index is 1.52. The Morgan fingerprint density at radius 3 is 2.58 bits per heavy atom. The summed E-state index contributed by atoms with van der Waals surface area (Å²) in [6.45, 7) is 9.31. The molecule has 2 aromatic rings. The maximum atomic E-state index is 4.78. The number of rotatable bonds is 3. The molecule has 2 aliphatic carbocycles. The zero-order chi connectivity index (χ0) is 16.9. The van der Waals surface area contributed by atoms with Crippen LogP contribution in [0.3, 0.4) is 0 Å². The largest absolute Gasteiger partial charge is 0.253 e. The first kappa shape index (κ1) is 15.8. The molecule has 0 saturated heterocycles. The van der Waals surface area contributed by atoms with E-state index in [1.807, 2.05) is 0 Å². The van der Waals surface area contributed by atoms with Crippen LogP contribution in [-0.4, -0.2) is 10.7 Å². The van der Waals surface area contributed by atoms with Gasteiger partial charge in [-0.2, -0.15) is 5.10 Å². The Labute approximate surface area is 148 Å². The Kier molecular flexibility index (Phi) is 3.57. The normalized spacial score (nSPS) is 29.3. The Bertz CT molecular complexity index is 787. The molecule has 0 amide bonds. The van der Waals surface area contributed by atoms with Gasteiger partial charge in [-0.3, -0.25) is 5.43 Å². The lowest BCUT2D eigenvalue weighted by Crippen LogP contribution is -2.32. The molecule has 126 valence electrons. The van der Waals surface area contributed by atoms with Gasteiger partial charge in [0.2, 0.25) is 5.13 Å². The third kappa shape index (κ3) is 2.31. The number of hydrogen-bond donors (Lipinski definition) is 1. The van der Waals surface area contributed by atoms with Crippen molar-refractivity contribution in [2.24, 2.45) is 21.8 Å². The smallest absolute Gasteiger partial charge is 0.203 e. The molecule has 0 spiro atoms. The summed E-state index contributed by atoms with van der Waals surface area (Å²) >= 11 is 1.62. The molecule has 0 radical (unpaired) electrons. The molecule has 0 aliphatic heterocycles. The molecule has 1 N–H and O–H groups in total. The summed E-state index contributed by atoms with van der Waals surface area (Å²) in [5.74, 6) is 0.780. The van der Waals surface area contributed by atoms with Gasteiger partial charge in [0.15, 0.2) is 0 Å². The van der Waals surface area contributed by atoms with E-state index in [0.717, 1.165) is 28.7 Å². The number of benzene rings is 1. The van der Waals surface area contributed by atoms with E-state index in [0.29, 0.717) is 5.41 Å². The summed E-state index contributed by atoms with van der Waals surface area (Å²) < 4.78 is 0. The molecule has 2 aliphatic rings. The van der Waals surface area contributed by atoms with Crippen molar-refractivity contribution in [2.45, 2.75) is 47.0 Å². The Hall–Kier alpha value is -1.68. The number of nitrogens with zero attached hydrogens (tertiary/aromatic N) is 2. The molecule has 2 unspecified atom stereocenters. The second-order valence-corrected chi connectivity index (χ2v) is 8.93. The lowest BCUT2D eigenvalue weighted by atomic mass is 9.70. The second kappa shape index (κ2) is 5.41. The number of hydrazone groups is 1. The zero-order valence-electron chi connectivity index (χ0n) is 14.9. The monoisotopic (exact) mass is 339 g/mol. The summed E-state index contributed by atoms with van der Waals surface area (Å²) in [6, 6.07) is 8.50. The summed E-state index contributed by atoms with van der Waals surface area (Å²) in [6.07, 6.45) is 3.74. The minimum atomic E-state index is 0.238. The highest BCUT2D eigenvalue weighted by molar-refractivity contribution is 7.14. The fourth-order valence-corrected chi connectivity index (χ4v) is 5.06. The topological polar surface area (TPSA) is 37.3 Å². The molecule has 4 heteroatoms. The molecular formula is C20H25N3S. The van der Waals surface area contributed by atoms with Crippen LogP contribution in [0.1, 0.15) is 45.6 Å². The molecule has 2 saturated carbocycles. The van der Waals surface area contributed by atoms with Crippen LogP contribution < -0.4 is 5.43 Å². The zero-order valence-corrected chi connectivity index (χ0v) is 15.7. The minimum absolute atomic E-state index is 0.238. The molecule has 4 rings (SSSR count). The van der Waals surface area contributed by atoms with Crippen LogP contribution in [0.4, 0.5) is 5.13 Å². The number of aromatic nitrogens is 1. The SMILES string of the molecule is Cc1ccc(-c2csc(NN=C3CC4CCC3(C)C4(C)C)n2)cc1. The molecule has 1 aromatic carbocycles. The van der Waals surface area contributed by atoms with Gasteiger partial charge < -0.3 is 0 Å². The lowest BCUT2D eigenvalue weighted by Gasteiger charge is -2.34. The Morgan fingerprint density at radius 2 is 1.96 bits per heavy atom. The van der Waals surface area contributed by atoms with Gasteiger partial charge in [-0.25, -0.2) is 4.98 Å². The average molecular weight is 340 g/mol. The van der Waals surface area contributed by atoms with Crippen LogP contribution in [0, 0.1) is 23.7 Å². The van der Waals surface area contributed by atoms with E-state index in [-0.39, 0.29) is 5.41 Å². The highest BCUT2D eigenvalue weighted by atomic mass is 32.1. The van der Waals surface area contributed by atoms with Gasteiger partial charge in [-0.1, -0.05) is 50.6 Å². The van der Waals surface area contributed by atoms with E-state index in [2.05, 4.69) is 62.8 Å². The minimum Gasteiger partial charge on any atom is -0.253 e. The third-order valence-corrected chi connectivity index (χ3v) is 7.40. The standard InChI is InChI=1S/C20H25N3S/c1-13-5-7-14(8-6-13)16-12-24-18(21-16)23-22-17-11-15-9-10-20(17,4)19(15,2)3/h5-8,12,15H,9-11H2,1-4H3,(H,21,23). The maximum absolute atomic E-state index is 4.78. The van der Waals surface area contributed by atoms with Crippen molar-refractivity contribution in [2.75, 3.05) is 5.43 Å². The molecule has 2 fully saturated rings. The van der Waals surface area contributed by atoms with Gasteiger partial charge in [0.1, 0.15) is 0 Å².